The van der Waals surface area contributed by atoms with Crippen LogP contribution in [-0.2, 0) is 16.0 Å². The Morgan fingerprint density at radius 3 is 2.46 bits per heavy atom. The van der Waals surface area contributed by atoms with Gasteiger partial charge in [-0.05, 0) is 48.7 Å². The van der Waals surface area contributed by atoms with Crippen molar-refractivity contribution < 1.29 is 19.3 Å². The van der Waals surface area contributed by atoms with Crippen LogP contribution in [0, 0.1) is 15.5 Å². The van der Waals surface area contributed by atoms with Gasteiger partial charge < -0.3 is 4.90 Å². The van der Waals surface area contributed by atoms with Gasteiger partial charge in [0.2, 0.25) is 5.91 Å². The number of amides is 4. The molecule has 35 heavy (non-hydrogen) atoms. The zero-order valence-corrected chi connectivity index (χ0v) is 20.4. The van der Waals surface area contributed by atoms with Gasteiger partial charge in [-0.15, -0.1) is 0 Å². The van der Waals surface area contributed by atoms with Crippen molar-refractivity contribution in [1.82, 2.24) is 5.32 Å². The van der Waals surface area contributed by atoms with Gasteiger partial charge in [0.05, 0.1) is 16.7 Å². The van der Waals surface area contributed by atoms with Crippen LogP contribution >= 0.6 is 11.6 Å². The summed E-state index contributed by atoms with van der Waals surface area (Å²) in [4.78, 5) is 54.7. The Morgan fingerprint density at radius 1 is 1.11 bits per heavy atom. The van der Waals surface area contributed by atoms with E-state index in [2.05, 4.69) is 5.32 Å². The van der Waals surface area contributed by atoms with Crippen molar-refractivity contribution in [3.05, 3.63) is 63.2 Å². The van der Waals surface area contributed by atoms with Crippen LogP contribution in [0.3, 0.4) is 0 Å². The lowest BCUT2D eigenvalue weighted by Gasteiger charge is -2.52. The zero-order chi connectivity index (χ0) is 25.3. The minimum Gasteiger partial charge on any atom is -0.367 e. The number of nitrogens with one attached hydrogen (secondary N) is 1. The highest BCUT2D eigenvalue weighted by atomic mass is 35.5. The molecule has 184 valence electrons. The maximum Gasteiger partial charge on any atom is 0.335 e. The van der Waals surface area contributed by atoms with E-state index in [9.17, 15) is 24.5 Å². The number of urea groups is 1. The molecule has 1 spiro atoms. The van der Waals surface area contributed by atoms with Gasteiger partial charge in [0.1, 0.15) is 0 Å². The number of nitro benzene ring substituents is 1. The number of hydrogen-bond donors (Lipinski definition) is 1. The fraction of sp³-hybridized carbons (Fsp3) is 0.400. The summed E-state index contributed by atoms with van der Waals surface area (Å²) in [6.07, 6.45) is 2.89. The fourth-order valence-corrected chi connectivity index (χ4v) is 5.29. The van der Waals surface area contributed by atoms with E-state index < -0.39 is 34.2 Å². The summed E-state index contributed by atoms with van der Waals surface area (Å²) in [6, 6.07) is 9.47. The molecule has 4 rings (SSSR count). The van der Waals surface area contributed by atoms with Gasteiger partial charge in [-0.3, -0.25) is 25.0 Å². The molecule has 0 radical (unpaired) electrons. The molecule has 2 aliphatic heterocycles. The highest BCUT2D eigenvalue weighted by molar-refractivity contribution is 6.32. The average molecular weight is 499 g/mol. The summed E-state index contributed by atoms with van der Waals surface area (Å²) in [5.41, 5.74) is -0.124. The van der Waals surface area contributed by atoms with Crippen LogP contribution in [-0.4, -0.2) is 35.4 Å². The average Bonchev–Trinajstić information content (AvgIpc) is 2.83. The van der Waals surface area contributed by atoms with Crippen molar-refractivity contribution in [3.8, 4) is 0 Å². The molecule has 1 fully saturated rings. The number of unbranched alkanes of at least 4 members (excludes halogenated alkanes) is 1. The fourth-order valence-electron chi connectivity index (χ4n) is 5.17. The lowest BCUT2D eigenvalue weighted by atomic mass is 9.67. The normalized spacial score (nSPS) is 21.8. The van der Waals surface area contributed by atoms with E-state index in [0.29, 0.717) is 35.7 Å². The molecule has 0 unspecified atom stereocenters. The molecule has 2 heterocycles. The first kappa shape index (κ1) is 24.7. The highest BCUT2D eigenvalue weighted by Crippen LogP contribution is 2.47. The minimum absolute atomic E-state index is 0.0423. The SMILES string of the molecule is CCCCN1c2ccc([N+](=O)[O-])cc2C[C@]2(C(=O)NC(=O)N(c3ccc(Cl)cc3)C2=O)[C@H]1CCC. The Kier molecular flexibility index (Phi) is 6.80. The Hall–Kier alpha value is -3.46. The number of hydrogen-bond acceptors (Lipinski definition) is 6. The molecule has 2 atom stereocenters. The third kappa shape index (κ3) is 4.14. The smallest absolute Gasteiger partial charge is 0.335 e. The summed E-state index contributed by atoms with van der Waals surface area (Å²) in [5.74, 6) is -1.31. The number of barbiturate groups is 1. The van der Waals surface area contributed by atoms with Gasteiger partial charge in [0.15, 0.2) is 5.41 Å². The van der Waals surface area contributed by atoms with Crippen molar-refractivity contribution in [1.29, 1.82) is 0 Å². The van der Waals surface area contributed by atoms with E-state index in [-0.39, 0.29) is 12.1 Å². The van der Waals surface area contributed by atoms with Crippen LogP contribution in [0.5, 0.6) is 0 Å². The van der Waals surface area contributed by atoms with E-state index in [1.807, 2.05) is 18.7 Å². The molecule has 2 aromatic carbocycles. The van der Waals surface area contributed by atoms with E-state index in [0.717, 1.165) is 23.4 Å². The van der Waals surface area contributed by atoms with Crippen LogP contribution in [0.25, 0.3) is 0 Å². The van der Waals surface area contributed by atoms with Crippen LogP contribution < -0.4 is 15.1 Å². The molecular weight excluding hydrogens is 472 g/mol. The number of rotatable bonds is 7. The lowest BCUT2D eigenvalue weighted by Crippen LogP contribution is -2.72. The summed E-state index contributed by atoms with van der Waals surface area (Å²) in [5, 5.41) is 14.3. The van der Waals surface area contributed by atoms with E-state index in [1.165, 1.54) is 12.1 Å². The summed E-state index contributed by atoms with van der Waals surface area (Å²) in [7, 11) is 0. The monoisotopic (exact) mass is 498 g/mol. The number of carbonyl (C=O) groups excluding carboxylic acids is 3. The minimum atomic E-state index is -1.63. The van der Waals surface area contributed by atoms with Gasteiger partial charge in [0.25, 0.3) is 11.6 Å². The number of non-ortho nitro benzene ring substituents is 1. The molecule has 4 amide bonds. The number of carbonyl (C=O) groups is 3. The van der Waals surface area contributed by atoms with Crippen molar-refractivity contribution in [2.24, 2.45) is 5.41 Å². The molecular formula is C25H27ClN4O5. The van der Waals surface area contributed by atoms with Crippen LogP contribution in [0.15, 0.2) is 42.5 Å². The predicted molar refractivity (Wildman–Crippen MR) is 133 cm³/mol. The number of nitrogens with zero attached hydrogens (tertiary/aromatic N) is 3. The van der Waals surface area contributed by atoms with Crippen LogP contribution in [0.4, 0.5) is 21.9 Å². The van der Waals surface area contributed by atoms with Crippen molar-refractivity contribution in [2.45, 2.75) is 52.0 Å². The van der Waals surface area contributed by atoms with Crippen LogP contribution in [0.1, 0.15) is 45.1 Å². The summed E-state index contributed by atoms with van der Waals surface area (Å²) >= 11 is 6.00. The second-order valence-corrected chi connectivity index (χ2v) is 9.38. The predicted octanol–water partition coefficient (Wildman–Crippen LogP) is 4.85. The molecule has 0 aromatic heterocycles. The van der Waals surface area contributed by atoms with E-state index >= 15 is 0 Å². The Bertz CT molecular complexity index is 1180. The Balaban J connectivity index is 1.91. The number of anilines is 2. The standard InChI is InChI=1S/C25H27ClN4O5/c1-3-5-13-28-20-12-11-19(30(34)35)14-16(20)15-25(21(28)6-4-2)22(31)27-24(33)29(23(25)32)18-9-7-17(26)8-10-18/h7-12,14,21H,3-6,13,15H2,1-2H3,(H,27,31,33)/t21-,25-/m1/s1. The Labute approximate surface area is 208 Å². The van der Waals surface area contributed by atoms with Crippen LogP contribution in [0.2, 0.25) is 5.02 Å². The molecule has 10 heteroatoms. The van der Waals surface area contributed by atoms with Gasteiger partial charge in [-0.2, -0.15) is 0 Å². The number of imide groups is 2. The number of nitro groups is 1. The quantitative estimate of drug-likeness (QED) is 0.331. The van der Waals surface area contributed by atoms with Gasteiger partial charge in [-0.1, -0.05) is 38.3 Å². The molecule has 2 aromatic rings. The highest BCUT2D eigenvalue weighted by Gasteiger charge is 2.62. The topological polar surface area (TPSA) is 113 Å². The maximum atomic E-state index is 14.2. The van der Waals surface area contributed by atoms with Crippen molar-refractivity contribution in [3.63, 3.8) is 0 Å². The first-order valence-electron chi connectivity index (χ1n) is 11.7. The molecule has 1 saturated heterocycles. The first-order chi connectivity index (χ1) is 16.7. The summed E-state index contributed by atoms with van der Waals surface area (Å²) < 4.78 is 0. The van der Waals surface area contributed by atoms with Gasteiger partial charge in [-0.25, -0.2) is 9.69 Å². The third-order valence-corrected chi connectivity index (χ3v) is 7.06. The molecule has 0 aliphatic carbocycles. The molecule has 9 nitrogen and oxygen atoms in total. The molecule has 2 aliphatic rings. The van der Waals surface area contributed by atoms with Gasteiger partial charge in [0, 0.05) is 35.8 Å². The molecule has 1 N–H and O–H groups in total. The summed E-state index contributed by atoms with van der Waals surface area (Å²) in [6.45, 7) is 4.60. The number of benzene rings is 2. The largest absolute Gasteiger partial charge is 0.367 e. The van der Waals surface area contributed by atoms with E-state index in [4.69, 9.17) is 11.6 Å². The molecule has 0 bridgehead atoms. The molecule has 0 saturated carbocycles. The van der Waals surface area contributed by atoms with Crippen molar-refractivity contribution in [2.75, 3.05) is 16.3 Å². The first-order valence-corrected chi connectivity index (χ1v) is 12.1. The lowest BCUT2D eigenvalue weighted by molar-refractivity contribution is -0.384. The second kappa shape index (κ2) is 9.65. The zero-order valence-electron chi connectivity index (χ0n) is 19.6. The third-order valence-electron chi connectivity index (χ3n) is 6.81. The number of fused-ring (bicyclic) bond motifs is 1. The van der Waals surface area contributed by atoms with Gasteiger partial charge >= 0.3 is 6.03 Å². The van der Waals surface area contributed by atoms with E-state index in [1.54, 1.807) is 30.3 Å². The second-order valence-electron chi connectivity index (χ2n) is 8.95. The maximum absolute atomic E-state index is 14.2. The Morgan fingerprint density at radius 2 is 1.83 bits per heavy atom. The van der Waals surface area contributed by atoms with Crippen molar-refractivity contribution >= 4 is 46.5 Å². The number of halogens is 1.